The van der Waals surface area contributed by atoms with Crippen LogP contribution in [0, 0.1) is 11.3 Å². The molecular weight excluding hydrogens is 280 g/mol. The van der Waals surface area contributed by atoms with Gasteiger partial charge in [-0.1, -0.05) is 6.92 Å². The summed E-state index contributed by atoms with van der Waals surface area (Å²) in [5.74, 6) is -0.467. The smallest absolute Gasteiger partial charge is 0.338 e. The number of hydrogen-bond acceptors (Lipinski definition) is 5. The van der Waals surface area contributed by atoms with Crippen LogP contribution in [0.1, 0.15) is 30.6 Å². The first kappa shape index (κ1) is 16.0. The Morgan fingerprint density at radius 1 is 1.35 bits per heavy atom. The van der Waals surface area contributed by atoms with E-state index in [-0.39, 0.29) is 13.0 Å². The van der Waals surface area contributed by atoms with Crippen LogP contribution in [0.25, 0.3) is 0 Å². The van der Waals surface area contributed by atoms with E-state index in [1.807, 2.05) is 0 Å². The Balaban J connectivity index is 2.86. The number of carbonyl (C=O) groups is 1. The van der Waals surface area contributed by atoms with E-state index in [0.29, 0.717) is 11.3 Å². The number of sulfonamides is 1. The minimum absolute atomic E-state index is 0.201. The van der Waals surface area contributed by atoms with Crippen molar-refractivity contribution in [2.75, 3.05) is 11.3 Å². The van der Waals surface area contributed by atoms with E-state index in [9.17, 15) is 13.2 Å². The fourth-order valence-corrected chi connectivity index (χ4v) is 2.69. The molecule has 0 saturated heterocycles. The fraction of sp³-hybridized carbons (Fsp3) is 0.385. The molecule has 1 N–H and O–H groups in total. The number of esters is 1. The molecular formula is C13H16N2O4S. The number of nitrogens with zero attached hydrogens (tertiary/aromatic N) is 1. The lowest BCUT2D eigenvalue weighted by molar-refractivity contribution is 0.0526. The van der Waals surface area contributed by atoms with Crippen LogP contribution in [0.15, 0.2) is 24.3 Å². The summed E-state index contributed by atoms with van der Waals surface area (Å²) < 4.78 is 30.9. The van der Waals surface area contributed by atoms with Crippen molar-refractivity contribution < 1.29 is 17.9 Å². The minimum atomic E-state index is -3.75. The van der Waals surface area contributed by atoms with Crippen molar-refractivity contribution in [2.45, 2.75) is 25.5 Å². The molecule has 0 heterocycles. The molecule has 0 aliphatic heterocycles. The largest absolute Gasteiger partial charge is 0.462 e. The van der Waals surface area contributed by atoms with Gasteiger partial charge < -0.3 is 4.74 Å². The van der Waals surface area contributed by atoms with Crippen LogP contribution >= 0.6 is 0 Å². The van der Waals surface area contributed by atoms with E-state index in [2.05, 4.69) is 4.72 Å². The average molecular weight is 296 g/mol. The number of ether oxygens (including phenoxy) is 1. The maximum absolute atomic E-state index is 11.9. The summed E-state index contributed by atoms with van der Waals surface area (Å²) in [5, 5.41) is 7.68. The topological polar surface area (TPSA) is 96.3 Å². The van der Waals surface area contributed by atoms with Crippen molar-refractivity contribution in [3.05, 3.63) is 29.8 Å². The van der Waals surface area contributed by atoms with Gasteiger partial charge in [-0.25, -0.2) is 13.2 Å². The number of hydrogen-bond donors (Lipinski definition) is 1. The molecule has 0 aliphatic rings. The highest BCUT2D eigenvalue weighted by atomic mass is 32.2. The molecule has 1 aromatic rings. The van der Waals surface area contributed by atoms with E-state index in [4.69, 9.17) is 10.00 Å². The summed E-state index contributed by atoms with van der Waals surface area (Å²) in [6, 6.07) is 7.56. The van der Waals surface area contributed by atoms with Gasteiger partial charge in [0.2, 0.25) is 10.0 Å². The van der Waals surface area contributed by atoms with Crippen molar-refractivity contribution in [1.29, 1.82) is 5.26 Å². The Bertz CT molecular complexity index is 602. The second kappa shape index (κ2) is 6.91. The molecule has 7 heteroatoms. The summed E-state index contributed by atoms with van der Waals surface area (Å²) in [7, 11) is -3.75. The average Bonchev–Trinajstić information content (AvgIpc) is 2.40. The lowest BCUT2D eigenvalue weighted by Crippen LogP contribution is -2.25. The standard InChI is InChI=1S/C13H16N2O4S/c1-3-12(9-14)20(17,18)15-11-7-5-10(6-8-11)13(16)19-4-2/h5-8,12,15H,3-4H2,1-2H3. The quantitative estimate of drug-likeness (QED) is 0.809. The van der Waals surface area contributed by atoms with Gasteiger partial charge in [0.25, 0.3) is 0 Å². The highest BCUT2D eigenvalue weighted by Crippen LogP contribution is 2.15. The van der Waals surface area contributed by atoms with Gasteiger partial charge in [-0.3, -0.25) is 4.72 Å². The van der Waals surface area contributed by atoms with Gasteiger partial charge in [0.05, 0.1) is 18.2 Å². The molecule has 20 heavy (non-hydrogen) atoms. The van der Waals surface area contributed by atoms with Crippen LogP contribution in [-0.4, -0.2) is 26.2 Å². The Hall–Kier alpha value is -2.07. The zero-order valence-electron chi connectivity index (χ0n) is 11.3. The highest BCUT2D eigenvalue weighted by molar-refractivity contribution is 7.93. The lowest BCUT2D eigenvalue weighted by atomic mass is 10.2. The van der Waals surface area contributed by atoms with Gasteiger partial charge in [-0.15, -0.1) is 0 Å². The Morgan fingerprint density at radius 3 is 2.40 bits per heavy atom. The van der Waals surface area contributed by atoms with E-state index in [0.717, 1.165) is 0 Å². The molecule has 0 aromatic heterocycles. The number of rotatable bonds is 6. The van der Waals surface area contributed by atoms with Crippen molar-refractivity contribution in [3.8, 4) is 6.07 Å². The third-order valence-electron chi connectivity index (χ3n) is 2.55. The van der Waals surface area contributed by atoms with Crippen molar-refractivity contribution >= 4 is 21.7 Å². The molecule has 0 fully saturated rings. The molecule has 6 nitrogen and oxygen atoms in total. The first-order valence-corrected chi connectivity index (χ1v) is 7.67. The van der Waals surface area contributed by atoms with Crippen molar-refractivity contribution in [3.63, 3.8) is 0 Å². The molecule has 1 unspecified atom stereocenters. The second-order valence-corrected chi connectivity index (χ2v) is 5.83. The van der Waals surface area contributed by atoms with E-state index in [1.165, 1.54) is 24.3 Å². The molecule has 1 rings (SSSR count). The van der Waals surface area contributed by atoms with Crippen LogP contribution in [0.5, 0.6) is 0 Å². The van der Waals surface area contributed by atoms with E-state index in [1.54, 1.807) is 19.9 Å². The summed E-state index contributed by atoms with van der Waals surface area (Å²) in [6.07, 6.45) is 0.201. The predicted octanol–water partition coefficient (Wildman–Crippen LogP) is 1.91. The third kappa shape index (κ3) is 3.96. The van der Waals surface area contributed by atoms with Crippen molar-refractivity contribution in [2.24, 2.45) is 0 Å². The highest BCUT2D eigenvalue weighted by Gasteiger charge is 2.23. The van der Waals surface area contributed by atoms with Crippen LogP contribution in [0.4, 0.5) is 5.69 Å². The van der Waals surface area contributed by atoms with Gasteiger partial charge in [0, 0.05) is 5.69 Å². The Kier molecular flexibility index (Phi) is 5.53. The first-order valence-electron chi connectivity index (χ1n) is 6.13. The molecule has 0 amide bonds. The first-order chi connectivity index (χ1) is 9.44. The number of nitriles is 1. The molecule has 0 spiro atoms. The summed E-state index contributed by atoms with van der Waals surface area (Å²) in [4.78, 5) is 11.4. The van der Waals surface area contributed by atoms with Crippen LogP contribution < -0.4 is 4.72 Å². The number of carbonyl (C=O) groups excluding carboxylic acids is 1. The fourth-order valence-electron chi connectivity index (χ4n) is 1.50. The monoisotopic (exact) mass is 296 g/mol. The minimum Gasteiger partial charge on any atom is -0.462 e. The summed E-state index contributed by atoms with van der Waals surface area (Å²) >= 11 is 0. The number of nitrogens with one attached hydrogen (secondary N) is 1. The number of benzene rings is 1. The van der Waals surface area contributed by atoms with Gasteiger partial charge in [0.15, 0.2) is 5.25 Å². The molecule has 0 bridgehead atoms. The zero-order valence-corrected chi connectivity index (χ0v) is 12.1. The maximum Gasteiger partial charge on any atom is 0.338 e. The van der Waals surface area contributed by atoms with Crippen molar-refractivity contribution in [1.82, 2.24) is 0 Å². The van der Waals surface area contributed by atoms with Gasteiger partial charge in [-0.05, 0) is 37.6 Å². The molecule has 1 atom stereocenters. The predicted molar refractivity (Wildman–Crippen MR) is 74.6 cm³/mol. The lowest BCUT2D eigenvalue weighted by Gasteiger charge is -2.11. The van der Waals surface area contributed by atoms with Crippen LogP contribution in [-0.2, 0) is 14.8 Å². The molecule has 0 saturated carbocycles. The Labute approximate surface area is 118 Å². The van der Waals surface area contributed by atoms with Crippen LogP contribution in [0.3, 0.4) is 0 Å². The van der Waals surface area contributed by atoms with Crippen LogP contribution in [0.2, 0.25) is 0 Å². The van der Waals surface area contributed by atoms with E-state index < -0.39 is 21.2 Å². The maximum atomic E-state index is 11.9. The number of anilines is 1. The van der Waals surface area contributed by atoms with Gasteiger partial charge in [0.1, 0.15) is 0 Å². The summed E-state index contributed by atoms with van der Waals surface area (Å²) in [6.45, 7) is 3.59. The zero-order chi connectivity index (χ0) is 15.2. The summed E-state index contributed by atoms with van der Waals surface area (Å²) in [5.41, 5.74) is 0.633. The SMILES string of the molecule is CCOC(=O)c1ccc(NS(=O)(=O)C(C#N)CC)cc1. The second-order valence-electron chi connectivity index (χ2n) is 3.97. The van der Waals surface area contributed by atoms with Gasteiger partial charge >= 0.3 is 5.97 Å². The van der Waals surface area contributed by atoms with Gasteiger partial charge in [-0.2, -0.15) is 5.26 Å². The van der Waals surface area contributed by atoms with E-state index >= 15 is 0 Å². The third-order valence-corrected chi connectivity index (χ3v) is 4.25. The normalized spacial score (nSPS) is 12.2. The Morgan fingerprint density at radius 2 is 1.95 bits per heavy atom. The molecule has 0 radical (unpaired) electrons. The molecule has 108 valence electrons. The molecule has 0 aliphatic carbocycles. The molecule has 1 aromatic carbocycles.